The first kappa shape index (κ1) is 16.2. The van der Waals surface area contributed by atoms with Crippen LogP contribution in [-0.4, -0.2) is 68.6 Å². The van der Waals surface area contributed by atoms with Gasteiger partial charge in [-0.2, -0.15) is 0 Å². The topological polar surface area (TPSA) is 63.3 Å². The molecule has 3 fully saturated rings. The highest BCUT2D eigenvalue weighted by Crippen LogP contribution is 2.37. The van der Waals surface area contributed by atoms with Crippen molar-refractivity contribution in [1.29, 1.82) is 0 Å². The third-order valence-electron chi connectivity index (χ3n) is 6.17. The van der Waals surface area contributed by atoms with E-state index in [1.807, 2.05) is 6.07 Å². The van der Waals surface area contributed by atoms with Crippen molar-refractivity contribution in [3.05, 3.63) is 18.2 Å². The van der Waals surface area contributed by atoms with Crippen LogP contribution in [0.5, 0.6) is 11.5 Å². The van der Waals surface area contributed by atoms with E-state index >= 15 is 0 Å². The maximum atomic E-state index is 11.4. The number of hydrogen-bond donors (Lipinski definition) is 1. The summed E-state index contributed by atoms with van der Waals surface area (Å²) in [6.45, 7) is 5.26. The van der Waals surface area contributed by atoms with Gasteiger partial charge in [0.05, 0.1) is 5.60 Å². The molecule has 0 radical (unpaired) electrons. The molecule has 0 aromatic heterocycles. The molecule has 1 unspecified atom stereocenters. The Hall–Kier alpha value is -1.99. The van der Waals surface area contributed by atoms with Crippen molar-refractivity contribution in [2.75, 3.05) is 51.0 Å². The first-order chi connectivity index (χ1) is 12.7. The molecule has 3 saturated heterocycles. The summed E-state index contributed by atoms with van der Waals surface area (Å²) >= 11 is 0. The second kappa shape index (κ2) is 6.32. The molecule has 1 amide bonds. The van der Waals surface area contributed by atoms with Crippen molar-refractivity contribution in [2.24, 2.45) is 0 Å². The van der Waals surface area contributed by atoms with Gasteiger partial charge in [0.15, 0.2) is 11.5 Å². The Morgan fingerprint density at radius 2 is 1.96 bits per heavy atom. The number of nitrogens with zero attached hydrogens (tertiary/aromatic N) is 2. The Bertz CT molecular complexity index is 692. The molecule has 26 heavy (non-hydrogen) atoms. The van der Waals surface area contributed by atoms with E-state index in [0.29, 0.717) is 19.4 Å². The number of carbonyl (C=O) groups excluding carboxylic acids is 1. The number of hydrogen-bond acceptors (Lipinski definition) is 6. The van der Waals surface area contributed by atoms with Crippen LogP contribution < -0.4 is 19.7 Å². The molecule has 0 bridgehead atoms. The summed E-state index contributed by atoms with van der Waals surface area (Å²) in [4.78, 5) is 16.4. The van der Waals surface area contributed by atoms with Gasteiger partial charge in [0, 0.05) is 50.5 Å². The first-order valence-electron chi connectivity index (χ1n) is 9.50. The fourth-order valence-corrected chi connectivity index (χ4v) is 4.60. The molecule has 1 atom stereocenters. The molecule has 7 heteroatoms. The highest BCUT2D eigenvalue weighted by molar-refractivity contribution is 5.78. The number of likely N-dealkylation sites (tertiary alicyclic amines) is 1. The van der Waals surface area contributed by atoms with Crippen LogP contribution in [0.4, 0.5) is 5.69 Å². The zero-order valence-corrected chi connectivity index (χ0v) is 14.9. The third kappa shape index (κ3) is 2.89. The zero-order valence-electron chi connectivity index (χ0n) is 14.9. The maximum Gasteiger partial charge on any atom is 0.246 e. The van der Waals surface area contributed by atoms with Gasteiger partial charge >= 0.3 is 0 Å². The van der Waals surface area contributed by atoms with Crippen LogP contribution in [0.2, 0.25) is 0 Å². The number of benzene rings is 1. The predicted molar refractivity (Wildman–Crippen MR) is 95.7 cm³/mol. The zero-order chi connectivity index (χ0) is 17.6. The van der Waals surface area contributed by atoms with Crippen LogP contribution in [-0.2, 0) is 9.53 Å². The second-order valence-corrected chi connectivity index (χ2v) is 7.72. The molecule has 1 aromatic carbocycles. The Morgan fingerprint density at radius 3 is 2.77 bits per heavy atom. The molecule has 0 saturated carbocycles. The van der Waals surface area contributed by atoms with Gasteiger partial charge < -0.3 is 24.4 Å². The van der Waals surface area contributed by atoms with Crippen molar-refractivity contribution < 1.29 is 19.0 Å². The Morgan fingerprint density at radius 1 is 1.12 bits per heavy atom. The van der Waals surface area contributed by atoms with Crippen molar-refractivity contribution in [3.8, 4) is 11.5 Å². The van der Waals surface area contributed by atoms with E-state index < -0.39 is 0 Å². The highest BCUT2D eigenvalue weighted by atomic mass is 16.7. The summed E-state index contributed by atoms with van der Waals surface area (Å²) in [5.41, 5.74) is 1.05. The molecule has 7 nitrogen and oxygen atoms in total. The van der Waals surface area contributed by atoms with E-state index in [0.717, 1.165) is 56.9 Å². The molecule has 5 rings (SSSR count). The minimum Gasteiger partial charge on any atom is -0.454 e. The first-order valence-corrected chi connectivity index (χ1v) is 9.50. The lowest BCUT2D eigenvalue weighted by molar-refractivity contribution is -0.142. The molecular formula is C19H25N3O4. The minimum atomic E-state index is -0.164. The summed E-state index contributed by atoms with van der Waals surface area (Å²) in [5.74, 6) is 1.69. The van der Waals surface area contributed by atoms with Crippen molar-refractivity contribution in [1.82, 2.24) is 10.2 Å². The lowest BCUT2D eigenvalue weighted by Gasteiger charge is -2.39. The smallest absolute Gasteiger partial charge is 0.246 e. The van der Waals surface area contributed by atoms with Crippen LogP contribution >= 0.6 is 0 Å². The van der Waals surface area contributed by atoms with Gasteiger partial charge in [0.25, 0.3) is 0 Å². The van der Waals surface area contributed by atoms with E-state index in [9.17, 15) is 4.79 Å². The summed E-state index contributed by atoms with van der Waals surface area (Å²) in [7, 11) is 0. The maximum absolute atomic E-state index is 11.4. The van der Waals surface area contributed by atoms with Crippen molar-refractivity contribution in [3.63, 3.8) is 0 Å². The number of piperidine rings is 1. The summed E-state index contributed by atoms with van der Waals surface area (Å²) in [6, 6.07) is 6.81. The van der Waals surface area contributed by atoms with Crippen LogP contribution in [0, 0.1) is 0 Å². The normalized spacial score (nSPS) is 29.4. The van der Waals surface area contributed by atoms with E-state index in [1.54, 1.807) is 0 Å². The number of carbonyl (C=O) groups is 1. The fourth-order valence-electron chi connectivity index (χ4n) is 4.60. The fraction of sp³-hybridized carbons (Fsp3) is 0.632. The Labute approximate surface area is 153 Å². The minimum absolute atomic E-state index is 0.00566. The molecule has 1 aromatic rings. The molecule has 1 N–H and O–H groups in total. The third-order valence-corrected chi connectivity index (χ3v) is 6.17. The lowest BCUT2D eigenvalue weighted by Crippen LogP contribution is -2.54. The highest BCUT2D eigenvalue weighted by Gasteiger charge is 2.44. The number of ether oxygens (including phenoxy) is 3. The van der Waals surface area contributed by atoms with E-state index in [1.165, 1.54) is 5.69 Å². The molecular weight excluding hydrogens is 334 g/mol. The molecule has 0 aliphatic carbocycles. The SMILES string of the molecule is O=C1COC2(CCN(C3CCN(c4ccc5c(c4)OCO5)CC3)C2)CN1. The van der Waals surface area contributed by atoms with Gasteiger partial charge in [-0.15, -0.1) is 0 Å². The summed E-state index contributed by atoms with van der Waals surface area (Å²) in [6.07, 6.45) is 3.31. The quantitative estimate of drug-likeness (QED) is 0.849. The molecule has 4 aliphatic rings. The van der Waals surface area contributed by atoms with Crippen LogP contribution in [0.1, 0.15) is 19.3 Å². The number of amides is 1. The Kier molecular flexibility index (Phi) is 3.94. The van der Waals surface area contributed by atoms with Crippen LogP contribution in [0.15, 0.2) is 18.2 Å². The lowest BCUT2D eigenvalue weighted by atomic mass is 10.0. The number of nitrogens with one attached hydrogen (secondary N) is 1. The molecule has 4 aliphatic heterocycles. The van der Waals surface area contributed by atoms with E-state index in [-0.39, 0.29) is 18.1 Å². The van der Waals surface area contributed by atoms with Gasteiger partial charge in [0.1, 0.15) is 6.61 Å². The largest absolute Gasteiger partial charge is 0.454 e. The monoisotopic (exact) mass is 359 g/mol. The molecule has 1 spiro atoms. The molecule has 140 valence electrons. The van der Waals surface area contributed by atoms with Gasteiger partial charge in [-0.1, -0.05) is 0 Å². The summed E-state index contributed by atoms with van der Waals surface area (Å²) < 4.78 is 16.8. The number of rotatable bonds is 2. The Balaban J connectivity index is 1.18. The van der Waals surface area contributed by atoms with Gasteiger partial charge in [0.2, 0.25) is 12.7 Å². The number of anilines is 1. The average molecular weight is 359 g/mol. The number of morpholine rings is 1. The predicted octanol–water partition coefficient (Wildman–Crippen LogP) is 0.975. The van der Waals surface area contributed by atoms with Crippen molar-refractivity contribution in [2.45, 2.75) is 30.9 Å². The van der Waals surface area contributed by atoms with Gasteiger partial charge in [-0.3, -0.25) is 9.69 Å². The van der Waals surface area contributed by atoms with Crippen LogP contribution in [0.25, 0.3) is 0 Å². The van der Waals surface area contributed by atoms with Gasteiger partial charge in [-0.05, 0) is 31.4 Å². The molecule has 4 heterocycles. The van der Waals surface area contributed by atoms with Crippen molar-refractivity contribution >= 4 is 11.6 Å². The van der Waals surface area contributed by atoms with Gasteiger partial charge in [-0.25, -0.2) is 0 Å². The van der Waals surface area contributed by atoms with Crippen LogP contribution in [0.3, 0.4) is 0 Å². The van der Waals surface area contributed by atoms with E-state index in [2.05, 4.69) is 27.2 Å². The second-order valence-electron chi connectivity index (χ2n) is 7.72. The summed E-state index contributed by atoms with van der Waals surface area (Å²) in [5, 5.41) is 2.97. The van der Waals surface area contributed by atoms with E-state index in [4.69, 9.17) is 14.2 Å². The number of fused-ring (bicyclic) bond motifs is 1. The standard InChI is InChI=1S/C19H25N3O4/c23-18-10-26-19(11-20-18)5-8-22(12-19)14-3-6-21(7-4-14)15-1-2-16-17(9-15)25-13-24-16/h1-2,9,14H,3-8,10-13H2,(H,20,23). The average Bonchev–Trinajstić information content (AvgIpc) is 3.31.